The van der Waals surface area contributed by atoms with Crippen LogP contribution in [0.3, 0.4) is 0 Å². The molecule has 2 aromatic rings. The maximum absolute atomic E-state index is 12.4. The normalized spacial score (nSPS) is 22.3. The van der Waals surface area contributed by atoms with E-state index in [1.54, 1.807) is 35.2 Å². The van der Waals surface area contributed by atoms with Gasteiger partial charge in [-0.15, -0.1) is 0 Å². The van der Waals surface area contributed by atoms with Crippen LogP contribution in [0.1, 0.15) is 11.6 Å². The highest BCUT2D eigenvalue weighted by molar-refractivity contribution is 6.35. The number of nitrogens with zero attached hydrogens (tertiary/aromatic N) is 1. The summed E-state index contributed by atoms with van der Waals surface area (Å²) in [7, 11) is 0. The summed E-state index contributed by atoms with van der Waals surface area (Å²) in [5.41, 5.74) is 7.49. The van der Waals surface area contributed by atoms with E-state index in [0.717, 1.165) is 5.56 Å². The number of carbonyl (C=O) groups is 1. The van der Waals surface area contributed by atoms with Gasteiger partial charge in [-0.25, -0.2) is 0 Å². The Labute approximate surface area is 148 Å². The predicted molar refractivity (Wildman–Crippen MR) is 92.1 cm³/mol. The number of anilines is 1. The van der Waals surface area contributed by atoms with E-state index in [4.69, 9.17) is 38.4 Å². The first-order valence-electron chi connectivity index (χ1n) is 7.49. The molecule has 2 aliphatic heterocycles. The standard InChI is InChI=1S/C17H14Cl2N2O3/c18-9-1-3-11(12(19)7-9)16-15(20)17(22)21(16)10-2-4-13-14(8-10)24-6-5-23-13/h1-4,7-8,15-16H,5-6,20H2/t15-,16-/m1/s1. The zero-order valence-electron chi connectivity index (χ0n) is 12.5. The van der Waals surface area contributed by atoms with Gasteiger partial charge in [0.15, 0.2) is 11.5 Å². The van der Waals surface area contributed by atoms with E-state index in [1.165, 1.54) is 0 Å². The number of hydrogen-bond donors (Lipinski definition) is 1. The van der Waals surface area contributed by atoms with Gasteiger partial charge in [-0.2, -0.15) is 0 Å². The lowest BCUT2D eigenvalue weighted by Crippen LogP contribution is -2.63. The zero-order chi connectivity index (χ0) is 16.8. The maximum atomic E-state index is 12.4. The summed E-state index contributed by atoms with van der Waals surface area (Å²) < 4.78 is 11.1. The Morgan fingerprint density at radius 2 is 1.79 bits per heavy atom. The zero-order valence-corrected chi connectivity index (χ0v) is 14.1. The third-order valence-electron chi connectivity index (χ3n) is 4.23. The minimum atomic E-state index is -0.642. The molecule has 2 atom stereocenters. The lowest BCUT2D eigenvalue weighted by molar-refractivity contribution is -0.126. The van der Waals surface area contributed by atoms with Crippen LogP contribution >= 0.6 is 23.2 Å². The topological polar surface area (TPSA) is 64.8 Å². The van der Waals surface area contributed by atoms with E-state index < -0.39 is 6.04 Å². The molecule has 24 heavy (non-hydrogen) atoms. The molecule has 5 nitrogen and oxygen atoms in total. The van der Waals surface area contributed by atoms with E-state index in [-0.39, 0.29) is 11.9 Å². The first kappa shape index (κ1) is 15.6. The predicted octanol–water partition coefficient (Wildman–Crippen LogP) is 3.18. The number of nitrogens with two attached hydrogens (primary N) is 1. The fourth-order valence-electron chi connectivity index (χ4n) is 3.05. The molecule has 7 heteroatoms. The molecule has 2 aromatic carbocycles. The van der Waals surface area contributed by atoms with Gasteiger partial charge in [-0.05, 0) is 29.8 Å². The second-order valence-corrected chi connectivity index (χ2v) is 6.52. The quantitative estimate of drug-likeness (QED) is 0.831. The van der Waals surface area contributed by atoms with Crippen LogP contribution in [-0.2, 0) is 4.79 Å². The van der Waals surface area contributed by atoms with E-state index >= 15 is 0 Å². The molecule has 2 N–H and O–H groups in total. The van der Waals surface area contributed by atoms with Crippen LogP contribution in [0.2, 0.25) is 10.0 Å². The van der Waals surface area contributed by atoms with Crippen molar-refractivity contribution in [3.63, 3.8) is 0 Å². The van der Waals surface area contributed by atoms with Crippen molar-refractivity contribution in [3.8, 4) is 11.5 Å². The van der Waals surface area contributed by atoms with Gasteiger partial charge >= 0.3 is 0 Å². The number of amides is 1. The van der Waals surface area contributed by atoms with Crippen molar-refractivity contribution in [2.45, 2.75) is 12.1 Å². The third-order valence-corrected chi connectivity index (χ3v) is 4.79. The van der Waals surface area contributed by atoms with Crippen molar-refractivity contribution >= 4 is 34.8 Å². The van der Waals surface area contributed by atoms with Crippen LogP contribution < -0.4 is 20.1 Å². The highest BCUT2D eigenvalue weighted by atomic mass is 35.5. The number of fused-ring (bicyclic) bond motifs is 1. The average Bonchev–Trinajstić information content (AvgIpc) is 2.59. The molecule has 1 fully saturated rings. The Kier molecular flexibility index (Phi) is 3.79. The number of rotatable bonds is 2. The summed E-state index contributed by atoms with van der Waals surface area (Å²) >= 11 is 12.2. The van der Waals surface area contributed by atoms with Crippen LogP contribution in [0.5, 0.6) is 11.5 Å². The van der Waals surface area contributed by atoms with Gasteiger partial charge in [0.2, 0.25) is 5.91 Å². The summed E-state index contributed by atoms with van der Waals surface area (Å²) in [6, 6.07) is 9.59. The molecule has 2 aliphatic rings. The number of halogens is 2. The Bertz CT molecular complexity index is 827. The lowest BCUT2D eigenvalue weighted by atomic mass is 9.88. The van der Waals surface area contributed by atoms with Crippen molar-refractivity contribution in [3.05, 3.63) is 52.0 Å². The van der Waals surface area contributed by atoms with E-state index in [0.29, 0.717) is 40.4 Å². The van der Waals surface area contributed by atoms with Crippen molar-refractivity contribution < 1.29 is 14.3 Å². The molecule has 0 aromatic heterocycles. The Balaban J connectivity index is 1.72. The first-order chi connectivity index (χ1) is 11.6. The maximum Gasteiger partial charge on any atom is 0.247 e. The van der Waals surface area contributed by atoms with Crippen LogP contribution in [0, 0.1) is 0 Å². The van der Waals surface area contributed by atoms with Gasteiger partial charge in [0, 0.05) is 21.8 Å². The van der Waals surface area contributed by atoms with E-state index in [1.807, 2.05) is 6.07 Å². The minimum Gasteiger partial charge on any atom is -0.486 e. The minimum absolute atomic E-state index is 0.164. The number of β-lactam (4-membered cyclic amide) rings is 1. The summed E-state index contributed by atoms with van der Waals surface area (Å²) in [4.78, 5) is 14.0. The summed E-state index contributed by atoms with van der Waals surface area (Å²) in [5, 5.41) is 1.02. The van der Waals surface area contributed by atoms with Crippen LogP contribution in [-0.4, -0.2) is 25.2 Å². The summed E-state index contributed by atoms with van der Waals surface area (Å²) in [6.07, 6.45) is 0. The van der Waals surface area contributed by atoms with Gasteiger partial charge in [-0.1, -0.05) is 29.3 Å². The van der Waals surface area contributed by atoms with Crippen molar-refractivity contribution in [1.82, 2.24) is 0 Å². The fraction of sp³-hybridized carbons (Fsp3) is 0.235. The SMILES string of the molecule is N[C@H]1C(=O)N(c2ccc3c(c2)OCCO3)[C@@H]1c1ccc(Cl)cc1Cl. The van der Waals surface area contributed by atoms with Gasteiger partial charge in [0.25, 0.3) is 0 Å². The van der Waals surface area contributed by atoms with Crippen molar-refractivity contribution in [2.24, 2.45) is 5.73 Å². The lowest BCUT2D eigenvalue weighted by Gasteiger charge is -2.46. The molecule has 1 saturated heterocycles. The van der Waals surface area contributed by atoms with Crippen LogP contribution in [0.15, 0.2) is 36.4 Å². The summed E-state index contributed by atoms with van der Waals surface area (Å²) in [6.45, 7) is 0.999. The molecule has 4 rings (SSSR count). The van der Waals surface area contributed by atoms with Crippen molar-refractivity contribution in [2.75, 3.05) is 18.1 Å². The van der Waals surface area contributed by atoms with Crippen LogP contribution in [0.25, 0.3) is 0 Å². The molecular formula is C17H14Cl2N2O3. The molecule has 0 saturated carbocycles. The molecule has 2 heterocycles. The summed E-state index contributed by atoms with van der Waals surface area (Å²) in [5.74, 6) is 1.12. The van der Waals surface area contributed by atoms with Gasteiger partial charge in [0.1, 0.15) is 19.3 Å². The smallest absolute Gasteiger partial charge is 0.247 e. The number of ether oxygens (including phenoxy) is 2. The Morgan fingerprint density at radius 3 is 2.54 bits per heavy atom. The fourth-order valence-corrected chi connectivity index (χ4v) is 3.58. The molecule has 124 valence electrons. The third kappa shape index (κ3) is 2.40. The molecular weight excluding hydrogens is 351 g/mol. The highest BCUT2D eigenvalue weighted by Crippen LogP contribution is 2.44. The van der Waals surface area contributed by atoms with Crippen molar-refractivity contribution in [1.29, 1.82) is 0 Å². The van der Waals surface area contributed by atoms with Gasteiger partial charge in [0.05, 0.1) is 6.04 Å². The number of benzene rings is 2. The Morgan fingerprint density at radius 1 is 1.04 bits per heavy atom. The second kappa shape index (κ2) is 5.84. The largest absolute Gasteiger partial charge is 0.486 e. The monoisotopic (exact) mass is 364 g/mol. The van der Waals surface area contributed by atoms with Crippen LogP contribution in [0.4, 0.5) is 5.69 Å². The van der Waals surface area contributed by atoms with E-state index in [9.17, 15) is 4.79 Å². The van der Waals surface area contributed by atoms with E-state index in [2.05, 4.69) is 0 Å². The molecule has 0 bridgehead atoms. The number of carbonyl (C=O) groups excluding carboxylic acids is 1. The molecule has 0 radical (unpaired) electrons. The van der Waals surface area contributed by atoms with Gasteiger partial charge < -0.3 is 20.1 Å². The van der Waals surface area contributed by atoms with Gasteiger partial charge in [-0.3, -0.25) is 4.79 Å². The average molecular weight is 365 g/mol. The molecule has 0 aliphatic carbocycles. The molecule has 0 spiro atoms. The number of hydrogen-bond acceptors (Lipinski definition) is 4. The molecule has 1 amide bonds. The second-order valence-electron chi connectivity index (χ2n) is 5.67. The molecule has 0 unspecified atom stereocenters. The Hall–Kier alpha value is -1.95. The first-order valence-corrected chi connectivity index (χ1v) is 8.25. The highest BCUT2D eigenvalue weighted by Gasteiger charge is 2.47.